The zero-order valence-corrected chi connectivity index (χ0v) is 33.7. The van der Waals surface area contributed by atoms with Crippen molar-refractivity contribution in [2.75, 3.05) is 0 Å². The molecule has 264 valence electrons. The standard InChI is InChI=1S/C45H66O3/c1-19-44(15,16)34-25-29(26-35(39(34)48)45(17,18)20-2)36(27-21-30(40(3,4)5)37(46)31(22-27)41(6,7)8)28-23-32(42(9,10)11)38(47)33(24-28)43(12,13)14/h21-26,46,48H,19-20H2,1-18H3. The third kappa shape index (κ3) is 7.71. The lowest BCUT2D eigenvalue weighted by molar-refractivity contribution is -0.114. The van der Waals surface area contributed by atoms with Gasteiger partial charge in [0.1, 0.15) is 11.5 Å². The van der Waals surface area contributed by atoms with Crippen LogP contribution in [-0.4, -0.2) is 16.0 Å². The molecule has 0 bridgehead atoms. The average Bonchev–Trinajstić information content (AvgIpc) is 2.92. The van der Waals surface area contributed by atoms with E-state index in [1.54, 1.807) is 0 Å². The van der Waals surface area contributed by atoms with Crippen LogP contribution in [0.1, 0.15) is 171 Å². The monoisotopic (exact) mass is 655 g/mol. The molecule has 0 saturated heterocycles. The second-order valence-corrected chi connectivity index (χ2v) is 19.6. The SMILES string of the molecule is CCC(C)(C)c1cc(C(=C2C=C(C(C)(C)C)C(=O)C(C(C)(C)C)=C2)c2cc(C(C)(C)C)c(O)c(C(C)(C)C)c2)cc(C(C)(C)CC)c1O. The van der Waals surface area contributed by atoms with Crippen molar-refractivity contribution in [1.29, 1.82) is 0 Å². The van der Waals surface area contributed by atoms with Gasteiger partial charge < -0.3 is 10.2 Å². The minimum atomic E-state index is -0.375. The van der Waals surface area contributed by atoms with Gasteiger partial charge in [0.05, 0.1) is 0 Å². The number of phenolic OH excluding ortho intramolecular Hbond substituents is 2. The molecule has 0 aromatic heterocycles. The Kier molecular flexibility index (Phi) is 10.4. The Morgan fingerprint density at radius 1 is 0.500 bits per heavy atom. The molecule has 0 atom stereocenters. The second kappa shape index (κ2) is 12.7. The highest BCUT2D eigenvalue weighted by atomic mass is 16.3. The highest BCUT2D eigenvalue weighted by Crippen LogP contribution is 2.49. The van der Waals surface area contributed by atoms with E-state index >= 15 is 0 Å². The minimum absolute atomic E-state index is 0.0980. The fraction of sp³-hybridized carbons (Fsp3) is 0.578. The topological polar surface area (TPSA) is 57.5 Å². The maximum Gasteiger partial charge on any atom is 0.186 e. The van der Waals surface area contributed by atoms with Crippen molar-refractivity contribution >= 4 is 11.4 Å². The number of benzene rings is 2. The molecule has 2 N–H and O–H groups in total. The molecule has 1 aliphatic carbocycles. The summed E-state index contributed by atoms with van der Waals surface area (Å²) in [7, 11) is 0. The molecular formula is C45H66O3. The first-order valence-electron chi connectivity index (χ1n) is 18.0. The number of hydrogen-bond donors (Lipinski definition) is 2. The van der Waals surface area contributed by atoms with Gasteiger partial charge >= 0.3 is 0 Å². The van der Waals surface area contributed by atoms with E-state index in [0.29, 0.717) is 11.5 Å². The highest BCUT2D eigenvalue weighted by Gasteiger charge is 2.37. The molecule has 3 rings (SSSR count). The van der Waals surface area contributed by atoms with Crippen LogP contribution in [0.5, 0.6) is 11.5 Å². The molecule has 0 unspecified atom stereocenters. The van der Waals surface area contributed by atoms with Crippen LogP contribution in [0, 0.1) is 10.8 Å². The smallest absolute Gasteiger partial charge is 0.186 e. The first-order chi connectivity index (χ1) is 21.5. The molecule has 0 fully saturated rings. The van der Waals surface area contributed by atoms with E-state index in [-0.39, 0.29) is 38.3 Å². The lowest BCUT2D eigenvalue weighted by Crippen LogP contribution is -2.28. The van der Waals surface area contributed by atoms with Gasteiger partial charge in [-0.05, 0) is 104 Å². The van der Waals surface area contributed by atoms with Gasteiger partial charge in [-0.25, -0.2) is 0 Å². The molecule has 48 heavy (non-hydrogen) atoms. The first-order valence-corrected chi connectivity index (χ1v) is 18.0. The summed E-state index contributed by atoms with van der Waals surface area (Å²) in [6.45, 7) is 38.7. The Labute approximate surface area is 293 Å². The zero-order chi connectivity index (χ0) is 37.2. The Balaban J connectivity index is 2.81. The van der Waals surface area contributed by atoms with Crippen molar-refractivity contribution < 1.29 is 15.0 Å². The Bertz CT molecular complexity index is 1570. The van der Waals surface area contributed by atoms with Crippen molar-refractivity contribution in [2.45, 2.75) is 159 Å². The number of aromatic hydroxyl groups is 2. The van der Waals surface area contributed by atoms with Crippen LogP contribution in [-0.2, 0) is 26.5 Å². The molecule has 0 radical (unpaired) electrons. The third-order valence-corrected chi connectivity index (χ3v) is 10.6. The van der Waals surface area contributed by atoms with E-state index in [1.807, 2.05) is 0 Å². The minimum Gasteiger partial charge on any atom is -0.507 e. The van der Waals surface area contributed by atoms with Gasteiger partial charge in [-0.1, -0.05) is 125 Å². The largest absolute Gasteiger partial charge is 0.507 e. The quantitative estimate of drug-likeness (QED) is 0.326. The Hall–Kier alpha value is -3.07. The maximum atomic E-state index is 14.1. The summed E-state index contributed by atoms with van der Waals surface area (Å²) in [5.74, 6) is 0.805. The normalized spacial score (nSPS) is 15.5. The number of phenols is 2. The number of hydrogen-bond acceptors (Lipinski definition) is 3. The van der Waals surface area contributed by atoms with Gasteiger partial charge in [0, 0.05) is 33.4 Å². The summed E-state index contributed by atoms with van der Waals surface area (Å²) in [5.41, 5.74) is 7.22. The molecule has 3 nitrogen and oxygen atoms in total. The number of carbonyl (C=O) groups excluding carboxylic acids is 1. The van der Waals surface area contributed by atoms with Crippen molar-refractivity contribution in [2.24, 2.45) is 10.8 Å². The molecular weight excluding hydrogens is 588 g/mol. The molecule has 3 heteroatoms. The van der Waals surface area contributed by atoms with Gasteiger partial charge in [0.25, 0.3) is 0 Å². The van der Waals surface area contributed by atoms with Crippen LogP contribution in [0.4, 0.5) is 0 Å². The van der Waals surface area contributed by atoms with E-state index in [9.17, 15) is 15.0 Å². The van der Waals surface area contributed by atoms with Gasteiger partial charge in [0.15, 0.2) is 5.78 Å². The van der Waals surface area contributed by atoms with Crippen LogP contribution >= 0.6 is 0 Å². The fourth-order valence-electron chi connectivity index (χ4n) is 6.50. The average molecular weight is 655 g/mol. The zero-order valence-electron chi connectivity index (χ0n) is 33.7. The summed E-state index contributed by atoms with van der Waals surface area (Å²) in [6, 6.07) is 8.67. The Morgan fingerprint density at radius 2 is 0.792 bits per heavy atom. The molecule has 0 heterocycles. The maximum absolute atomic E-state index is 14.1. The molecule has 0 amide bonds. The van der Waals surface area contributed by atoms with Crippen molar-refractivity contribution in [3.05, 3.63) is 86.5 Å². The first kappa shape index (κ1) is 39.4. The molecule has 0 saturated carbocycles. The van der Waals surface area contributed by atoms with Gasteiger partial charge in [0.2, 0.25) is 0 Å². The third-order valence-electron chi connectivity index (χ3n) is 10.6. The number of allylic oxidation sites excluding steroid dienone is 5. The summed E-state index contributed by atoms with van der Waals surface area (Å²) < 4.78 is 0. The van der Waals surface area contributed by atoms with Gasteiger partial charge in [-0.15, -0.1) is 0 Å². The van der Waals surface area contributed by atoms with Crippen LogP contribution in [0.15, 0.2) is 53.1 Å². The Morgan fingerprint density at radius 3 is 1.06 bits per heavy atom. The van der Waals surface area contributed by atoms with E-state index in [4.69, 9.17) is 0 Å². The molecule has 2 aromatic carbocycles. The summed E-state index contributed by atoms with van der Waals surface area (Å²) in [4.78, 5) is 14.1. The molecule has 1 aliphatic rings. The molecule has 2 aromatic rings. The lowest BCUT2D eigenvalue weighted by Gasteiger charge is -2.34. The van der Waals surface area contributed by atoms with Crippen LogP contribution in [0.25, 0.3) is 5.57 Å². The van der Waals surface area contributed by atoms with E-state index in [1.165, 1.54) is 0 Å². The summed E-state index contributed by atoms with van der Waals surface area (Å²) in [6.07, 6.45) is 5.94. The van der Waals surface area contributed by atoms with Gasteiger partial charge in [-0.3, -0.25) is 4.79 Å². The second-order valence-electron chi connectivity index (χ2n) is 19.6. The fourth-order valence-corrected chi connectivity index (χ4v) is 6.50. The van der Waals surface area contributed by atoms with Gasteiger partial charge in [-0.2, -0.15) is 0 Å². The number of rotatable bonds is 6. The van der Waals surface area contributed by atoms with Crippen LogP contribution in [0.2, 0.25) is 0 Å². The van der Waals surface area contributed by atoms with E-state index in [2.05, 4.69) is 161 Å². The predicted octanol–water partition coefficient (Wildman–Crippen LogP) is 12.4. The molecule has 0 spiro atoms. The number of carbonyl (C=O) groups is 1. The highest BCUT2D eigenvalue weighted by molar-refractivity contribution is 6.12. The number of ketones is 1. The summed E-state index contributed by atoms with van der Waals surface area (Å²) >= 11 is 0. The summed E-state index contributed by atoms with van der Waals surface area (Å²) in [5, 5.41) is 23.7. The van der Waals surface area contributed by atoms with Crippen LogP contribution in [0.3, 0.4) is 0 Å². The lowest BCUT2D eigenvalue weighted by atomic mass is 9.70. The predicted molar refractivity (Wildman–Crippen MR) is 206 cm³/mol. The van der Waals surface area contributed by atoms with E-state index in [0.717, 1.165) is 68.5 Å². The van der Waals surface area contributed by atoms with E-state index < -0.39 is 0 Å². The van der Waals surface area contributed by atoms with Crippen molar-refractivity contribution in [3.8, 4) is 11.5 Å². The molecule has 0 aliphatic heterocycles. The van der Waals surface area contributed by atoms with Crippen molar-refractivity contribution in [1.82, 2.24) is 0 Å². The number of Topliss-reactive ketones (excluding diaryl/α,β-unsaturated/α-hetero) is 1. The van der Waals surface area contributed by atoms with Crippen LogP contribution < -0.4 is 0 Å². The van der Waals surface area contributed by atoms with Crippen molar-refractivity contribution in [3.63, 3.8) is 0 Å².